The topological polar surface area (TPSA) is 85.5 Å². The molecule has 0 bridgehead atoms. The summed E-state index contributed by atoms with van der Waals surface area (Å²) in [7, 11) is 0. The molecule has 0 aromatic carbocycles. The monoisotopic (exact) mass is 393 g/mol. The summed E-state index contributed by atoms with van der Waals surface area (Å²) < 4.78 is 5.19. The largest absolute Gasteiger partial charge is 0.448 e. The van der Waals surface area contributed by atoms with E-state index in [2.05, 4.69) is 4.98 Å². The minimum absolute atomic E-state index is 0.0353. The van der Waals surface area contributed by atoms with Crippen molar-refractivity contribution in [2.75, 3.05) is 18.8 Å². The number of aromatic nitrogens is 1. The summed E-state index contributed by atoms with van der Waals surface area (Å²) in [5.74, 6) is -1.12. The minimum Gasteiger partial charge on any atom is -0.448 e. The number of anilines is 1. The molecule has 2 heterocycles. The smallest absolute Gasteiger partial charge is 0.359 e. The van der Waals surface area contributed by atoms with Crippen LogP contribution in [0.15, 0.2) is 0 Å². The zero-order valence-electron chi connectivity index (χ0n) is 13.2. The second-order valence-corrected chi connectivity index (χ2v) is 6.69. The van der Waals surface area contributed by atoms with Gasteiger partial charge in [0, 0.05) is 13.1 Å². The number of ether oxygens (including phenoxy) is 1. The van der Waals surface area contributed by atoms with Crippen LogP contribution in [0.4, 0.5) is 5.69 Å². The van der Waals surface area contributed by atoms with Gasteiger partial charge in [-0.1, -0.05) is 47.6 Å². The van der Waals surface area contributed by atoms with Crippen LogP contribution >= 0.6 is 34.8 Å². The van der Waals surface area contributed by atoms with Gasteiger partial charge < -0.3 is 15.4 Å². The van der Waals surface area contributed by atoms with Gasteiger partial charge in [0.15, 0.2) is 17.0 Å². The van der Waals surface area contributed by atoms with Crippen LogP contribution in [-0.2, 0) is 9.53 Å². The van der Waals surface area contributed by atoms with E-state index in [4.69, 9.17) is 45.3 Å². The van der Waals surface area contributed by atoms with Crippen molar-refractivity contribution in [3.63, 3.8) is 0 Å². The number of nitrogen functional groups attached to an aromatic ring is 1. The fourth-order valence-corrected chi connectivity index (χ4v) is 3.07. The van der Waals surface area contributed by atoms with Gasteiger partial charge in [0.2, 0.25) is 0 Å². The van der Waals surface area contributed by atoms with Gasteiger partial charge in [-0.3, -0.25) is 4.79 Å². The molecule has 6 nitrogen and oxygen atoms in total. The van der Waals surface area contributed by atoms with Gasteiger partial charge in [-0.25, -0.2) is 9.78 Å². The molecule has 1 saturated heterocycles. The summed E-state index contributed by atoms with van der Waals surface area (Å²) in [5, 5.41) is -0.340. The van der Waals surface area contributed by atoms with Gasteiger partial charge >= 0.3 is 5.97 Å². The zero-order chi connectivity index (χ0) is 17.9. The first-order chi connectivity index (χ1) is 11.3. The summed E-state index contributed by atoms with van der Waals surface area (Å²) in [4.78, 5) is 30.2. The van der Waals surface area contributed by atoms with Gasteiger partial charge in [-0.2, -0.15) is 0 Å². The fraction of sp³-hybridized carbons (Fsp3) is 0.533. The van der Waals surface area contributed by atoms with Crippen LogP contribution in [0.1, 0.15) is 43.1 Å². The van der Waals surface area contributed by atoms with E-state index in [1.54, 1.807) is 4.90 Å². The molecule has 1 unspecified atom stereocenters. The number of amides is 1. The third-order valence-electron chi connectivity index (χ3n) is 3.81. The van der Waals surface area contributed by atoms with Crippen molar-refractivity contribution < 1.29 is 14.3 Å². The highest BCUT2D eigenvalue weighted by atomic mass is 35.5. The Kier molecular flexibility index (Phi) is 6.54. The first-order valence-electron chi connectivity index (χ1n) is 7.62. The maximum absolute atomic E-state index is 12.4. The molecule has 1 aromatic heterocycles. The Labute approximate surface area is 155 Å². The summed E-state index contributed by atoms with van der Waals surface area (Å²) in [6, 6.07) is 0. The summed E-state index contributed by atoms with van der Waals surface area (Å²) in [6.45, 7) is 2.85. The number of nitrogens with two attached hydrogens (primary N) is 1. The lowest BCUT2D eigenvalue weighted by atomic mass is 10.2. The Bertz CT molecular complexity index is 647. The van der Waals surface area contributed by atoms with Crippen molar-refractivity contribution in [3.05, 3.63) is 20.9 Å². The number of carbonyl (C=O) groups is 2. The Morgan fingerprint density at radius 1 is 1.12 bits per heavy atom. The second-order valence-electron chi connectivity index (χ2n) is 5.58. The number of rotatable bonds is 3. The number of hydrogen-bond acceptors (Lipinski definition) is 5. The highest BCUT2D eigenvalue weighted by molar-refractivity contribution is 6.46. The lowest BCUT2D eigenvalue weighted by molar-refractivity contribution is -0.139. The molecule has 0 spiro atoms. The molecule has 2 rings (SSSR count). The predicted molar refractivity (Wildman–Crippen MR) is 93.6 cm³/mol. The minimum atomic E-state index is -0.954. The molecule has 24 heavy (non-hydrogen) atoms. The number of carbonyl (C=O) groups excluding carboxylic acids is 2. The lowest BCUT2D eigenvalue weighted by Gasteiger charge is -2.24. The van der Waals surface area contributed by atoms with E-state index in [0.29, 0.717) is 13.1 Å². The normalized spacial score (nSPS) is 16.4. The number of esters is 1. The Morgan fingerprint density at radius 3 is 2.29 bits per heavy atom. The Hall–Kier alpha value is -1.24. The first kappa shape index (κ1) is 19.1. The van der Waals surface area contributed by atoms with Crippen molar-refractivity contribution in [3.8, 4) is 0 Å². The number of hydrogen-bond donors (Lipinski definition) is 1. The van der Waals surface area contributed by atoms with Gasteiger partial charge in [0.1, 0.15) is 5.02 Å². The van der Waals surface area contributed by atoms with Crippen molar-refractivity contribution in [1.29, 1.82) is 0 Å². The van der Waals surface area contributed by atoms with E-state index in [1.165, 1.54) is 6.92 Å². The fourth-order valence-electron chi connectivity index (χ4n) is 2.48. The van der Waals surface area contributed by atoms with E-state index >= 15 is 0 Å². The van der Waals surface area contributed by atoms with Crippen LogP contribution in [0.25, 0.3) is 0 Å². The number of halogens is 3. The van der Waals surface area contributed by atoms with Gasteiger partial charge in [0.25, 0.3) is 5.91 Å². The quantitative estimate of drug-likeness (QED) is 0.625. The van der Waals surface area contributed by atoms with E-state index in [0.717, 1.165) is 25.7 Å². The maximum atomic E-state index is 12.4. The molecule has 0 saturated carbocycles. The van der Waals surface area contributed by atoms with Crippen molar-refractivity contribution >= 4 is 52.4 Å². The molecule has 1 amide bonds. The van der Waals surface area contributed by atoms with E-state index in [9.17, 15) is 9.59 Å². The van der Waals surface area contributed by atoms with Crippen LogP contribution in [-0.4, -0.2) is 41.0 Å². The van der Waals surface area contributed by atoms with Crippen LogP contribution in [0, 0.1) is 0 Å². The molecule has 2 N–H and O–H groups in total. The SMILES string of the molecule is CC(OC(=O)c1nc(Cl)c(Cl)c(N)c1Cl)C(=O)N1CCCCCC1. The van der Waals surface area contributed by atoms with Crippen LogP contribution in [0.5, 0.6) is 0 Å². The zero-order valence-corrected chi connectivity index (χ0v) is 15.4. The lowest BCUT2D eigenvalue weighted by Crippen LogP contribution is -2.40. The van der Waals surface area contributed by atoms with Gasteiger partial charge in [-0.05, 0) is 19.8 Å². The molecule has 132 valence electrons. The molecule has 1 fully saturated rings. The van der Waals surface area contributed by atoms with Crippen LogP contribution < -0.4 is 5.73 Å². The molecule has 1 atom stereocenters. The van der Waals surface area contributed by atoms with Crippen LogP contribution in [0.3, 0.4) is 0 Å². The second kappa shape index (κ2) is 8.23. The molecule has 1 aliphatic rings. The molecule has 0 radical (unpaired) electrons. The number of likely N-dealkylation sites (tertiary alicyclic amines) is 1. The molecule has 1 aromatic rings. The highest BCUT2D eigenvalue weighted by Crippen LogP contribution is 2.34. The van der Waals surface area contributed by atoms with Gasteiger partial charge in [0.05, 0.1) is 10.7 Å². The average Bonchev–Trinajstić information content (AvgIpc) is 2.84. The molecular formula is C15H18Cl3N3O3. The average molecular weight is 395 g/mol. The summed E-state index contributed by atoms with van der Waals surface area (Å²) >= 11 is 17.6. The summed E-state index contributed by atoms with van der Waals surface area (Å²) in [6.07, 6.45) is 3.14. The van der Waals surface area contributed by atoms with E-state index < -0.39 is 12.1 Å². The third kappa shape index (κ3) is 4.23. The summed E-state index contributed by atoms with van der Waals surface area (Å²) in [5.41, 5.74) is 5.35. The standard InChI is InChI=1S/C15H18Cl3N3O3/c1-8(14(22)21-6-4-2-3-5-7-21)24-15(23)12-9(16)11(19)10(17)13(18)20-12/h8H,2-7H2,1H3,(H2,19,20). The molecular weight excluding hydrogens is 377 g/mol. The number of pyridine rings is 1. The van der Waals surface area contributed by atoms with Gasteiger partial charge in [-0.15, -0.1) is 0 Å². The number of nitrogens with zero attached hydrogens (tertiary/aromatic N) is 2. The third-order valence-corrected chi connectivity index (χ3v) is 4.95. The molecule has 9 heteroatoms. The Balaban J connectivity index is 2.10. The molecule has 1 aliphatic heterocycles. The Morgan fingerprint density at radius 2 is 1.71 bits per heavy atom. The van der Waals surface area contributed by atoms with Crippen molar-refractivity contribution in [1.82, 2.24) is 9.88 Å². The van der Waals surface area contributed by atoms with E-state index in [-0.39, 0.29) is 32.5 Å². The van der Waals surface area contributed by atoms with E-state index in [1.807, 2.05) is 0 Å². The van der Waals surface area contributed by atoms with Crippen molar-refractivity contribution in [2.45, 2.75) is 38.7 Å². The maximum Gasteiger partial charge on any atom is 0.359 e. The predicted octanol–water partition coefficient (Wildman–Crippen LogP) is 3.57. The first-order valence-corrected chi connectivity index (χ1v) is 8.76. The van der Waals surface area contributed by atoms with Crippen molar-refractivity contribution in [2.24, 2.45) is 0 Å². The highest BCUT2D eigenvalue weighted by Gasteiger charge is 2.27. The van der Waals surface area contributed by atoms with Crippen LogP contribution in [0.2, 0.25) is 15.2 Å². The molecule has 0 aliphatic carbocycles.